The van der Waals surface area contributed by atoms with Gasteiger partial charge >= 0.3 is 30.4 Å². The average Bonchev–Trinajstić information content (AvgIpc) is 2.31. The fourth-order valence-electron chi connectivity index (χ4n) is 0.844. The van der Waals surface area contributed by atoms with Gasteiger partial charge in [0.25, 0.3) is 0 Å². The van der Waals surface area contributed by atoms with Crippen LogP contribution in [-0.4, -0.2) is 82.4 Å². The Labute approximate surface area is 125 Å². The minimum absolute atomic E-state index is 0. The molecule has 0 fully saturated rings. The van der Waals surface area contributed by atoms with E-state index in [1.807, 2.05) is 6.92 Å². The first kappa shape index (κ1) is 19.8. The van der Waals surface area contributed by atoms with Crippen LogP contribution in [0.25, 0.3) is 0 Å². The van der Waals surface area contributed by atoms with Crippen LogP contribution in [0.2, 0.25) is 0 Å². The van der Waals surface area contributed by atoms with Crippen LogP contribution >= 0.6 is 12.6 Å². The van der Waals surface area contributed by atoms with Gasteiger partial charge in [0.05, 0.1) is 38.8 Å². The number of carbonyl (C=O) groups is 1. The van der Waals surface area contributed by atoms with Gasteiger partial charge in [-0.25, -0.2) is 0 Å². The molecule has 0 unspecified atom stereocenters. The van der Waals surface area contributed by atoms with E-state index in [0.717, 1.165) is 0 Å². The number of esters is 1. The summed E-state index contributed by atoms with van der Waals surface area (Å²) in [7, 11) is 0. The van der Waals surface area contributed by atoms with Crippen molar-refractivity contribution in [2.75, 3.05) is 52.0 Å². The summed E-state index contributed by atoms with van der Waals surface area (Å²) >= 11 is 3.77. The average molecular weight is 377 g/mol. The van der Waals surface area contributed by atoms with Crippen LogP contribution in [0.1, 0.15) is 6.92 Å². The van der Waals surface area contributed by atoms with Crippen LogP contribution in [-0.2, 0) is 23.7 Å². The van der Waals surface area contributed by atoms with Crippen molar-refractivity contribution in [3.05, 3.63) is 0 Å². The van der Waals surface area contributed by atoms with Crippen molar-refractivity contribution < 1.29 is 23.7 Å². The van der Waals surface area contributed by atoms with E-state index in [1.165, 1.54) is 0 Å². The number of ether oxygens (including phenoxy) is 4. The van der Waals surface area contributed by atoms with E-state index >= 15 is 0 Å². The van der Waals surface area contributed by atoms with Crippen molar-refractivity contribution in [3.8, 4) is 0 Å². The first-order chi connectivity index (χ1) is 7.81. The second-order valence-electron chi connectivity index (χ2n) is 2.80. The fourth-order valence-corrected chi connectivity index (χ4v) is 0.936. The fraction of sp³-hybridized carbons (Fsp3) is 0.900. The van der Waals surface area contributed by atoms with Gasteiger partial charge in [0.2, 0.25) is 0 Å². The Balaban J connectivity index is 0. The minimum atomic E-state index is -0.333. The molecule has 0 atom stereocenters. The summed E-state index contributed by atoms with van der Waals surface area (Å²) in [4.78, 5) is 10.7. The van der Waals surface area contributed by atoms with Gasteiger partial charge in [-0.3, -0.25) is 4.79 Å². The number of hydrogen-bond donors (Lipinski definition) is 1. The molecule has 0 aliphatic heterocycles. The van der Waals surface area contributed by atoms with E-state index in [2.05, 4.69) is 12.6 Å². The first-order valence-electron chi connectivity index (χ1n) is 5.31. The van der Waals surface area contributed by atoms with Gasteiger partial charge in [-0.2, -0.15) is 12.6 Å². The third-order valence-electron chi connectivity index (χ3n) is 1.57. The normalized spacial score (nSPS) is 9.76. The topological polar surface area (TPSA) is 54.0 Å². The molecule has 0 spiro atoms. The first-order valence-corrected chi connectivity index (χ1v) is 5.94. The van der Waals surface area contributed by atoms with Crippen LogP contribution in [0.15, 0.2) is 0 Å². The molecule has 0 saturated carbocycles. The SMILES string of the molecule is CCOCCOCCOCCOC(=O)CS.[SbH3]. The standard InChI is InChI=1S/C10H20O5S.Sb.3H/c1-2-12-3-4-13-5-6-14-7-8-15-10(11)9-16;;;;/h16H,2-9H2,1H3;;;;. The van der Waals surface area contributed by atoms with Gasteiger partial charge in [0.15, 0.2) is 0 Å². The quantitative estimate of drug-likeness (QED) is 0.225. The van der Waals surface area contributed by atoms with Crippen molar-refractivity contribution >= 4 is 43.0 Å². The predicted octanol–water partition coefficient (Wildman–Crippen LogP) is -0.655. The van der Waals surface area contributed by atoms with E-state index in [0.29, 0.717) is 39.6 Å². The molecule has 104 valence electrons. The summed E-state index contributed by atoms with van der Waals surface area (Å²) in [6, 6.07) is 0. The third kappa shape index (κ3) is 16.5. The number of hydrogen-bond acceptors (Lipinski definition) is 6. The molecule has 17 heavy (non-hydrogen) atoms. The summed E-state index contributed by atoms with van der Waals surface area (Å²) in [6.07, 6.45) is 0. The molecule has 5 nitrogen and oxygen atoms in total. The van der Waals surface area contributed by atoms with Crippen LogP contribution in [0.4, 0.5) is 0 Å². The van der Waals surface area contributed by atoms with Gasteiger partial charge in [-0.15, -0.1) is 0 Å². The molecule has 0 saturated heterocycles. The molecule has 0 aromatic carbocycles. The molecule has 0 N–H and O–H groups in total. The maximum absolute atomic E-state index is 10.7. The van der Waals surface area contributed by atoms with E-state index in [4.69, 9.17) is 18.9 Å². The second kappa shape index (κ2) is 16.5. The molecule has 0 heterocycles. The molecular weight excluding hydrogens is 354 g/mol. The summed E-state index contributed by atoms with van der Waals surface area (Å²) in [6.45, 7) is 5.48. The summed E-state index contributed by atoms with van der Waals surface area (Å²) < 4.78 is 20.2. The predicted molar refractivity (Wildman–Crippen MR) is 72.9 cm³/mol. The maximum atomic E-state index is 10.7. The van der Waals surface area contributed by atoms with Crippen LogP contribution in [0.3, 0.4) is 0 Å². The van der Waals surface area contributed by atoms with E-state index < -0.39 is 0 Å². The van der Waals surface area contributed by atoms with Gasteiger partial charge in [0.1, 0.15) is 6.61 Å². The number of carbonyl (C=O) groups excluding carboxylic acids is 1. The third-order valence-corrected chi connectivity index (χ3v) is 1.83. The Hall–Kier alpha value is 0.518. The molecule has 7 heteroatoms. The summed E-state index contributed by atoms with van der Waals surface area (Å²) in [5, 5.41) is 0. The zero-order valence-electron chi connectivity index (χ0n) is 10.4. The van der Waals surface area contributed by atoms with E-state index in [-0.39, 0.29) is 42.8 Å². The van der Waals surface area contributed by atoms with Crippen molar-refractivity contribution in [2.45, 2.75) is 6.92 Å². The van der Waals surface area contributed by atoms with Crippen LogP contribution < -0.4 is 0 Å². The van der Waals surface area contributed by atoms with Crippen molar-refractivity contribution in [3.63, 3.8) is 0 Å². The van der Waals surface area contributed by atoms with Crippen molar-refractivity contribution in [2.24, 2.45) is 0 Å². The van der Waals surface area contributed by atoms with Crippen LogP contribution in [0.5, 0.6) is 0 Å². The molecule has 0 aromatic heterocycles. The molecule has 0 aliphatic carbocycles. The Morgan fingerprint density at radius 1 is 0.941 bits per heavy atom. The Morgan fingerprint density at radius 3 is 1.88 bits per heavy atom. The number of rotatable bonds is 11. The summed E-state index contributed by atoms with van der Waals surface area (Å²) in [5.41, 5.74) is 0. The van der Waals surface area contributed by atoms with Gasteiger partial charge in [0, 0.05) is 6.61 Å². The molecule has 0 radical (unpaired) electrons. The zero-order chi connectivity index (χ0) is 12.1. The van der Waals surface area contributed by atoms with Gasteiger partial charge < -0.3 is 18.9 Å². The molecule has 0 aliphatic rings. The van der Waals surface area contributed by atoms with Crippen molar-refractivity contribution in [1.29, 1.82) is 0 Å². The Bertz CT molecular complexity index is 171. The van der Waals surface area contributed by atoms with E-state index in [9.17, 15) is 4.79 Å². The Morgan fingerprint density at radius 2 is 1.41 bits per heavy atom. The molecule has 0 bridgehead atoms. The van der Waals surface area contributed by atoms with Gasteiger partial charge in [-0.05, 0) is 6.92 Å². The second-order valence-corrected chi connectivity index (χ2v) is 3.12. The zero-order valence-corrected chi connectivity index (χ0v) is 15.3. The molecule has 0 aromatic rings. The number of thiol groups is 1. The van der Waals surface area contributed by atoms with E-state index in [1.54, 1.807) is 0 Å². The molecule has 0 amide bonds. The van der Waals surface area contributed by atoms with Crippen LogP contribution in [0, 0.1) is 0 Å². The monoisotopic (exact) mass is 376 g/mol. The summed E-state index contributed by atoms with van der Waals surface area (Å²) in [5.74, 6) is -0.236. The van der Waals surface area contributed by atoms with Gasteiger partial charge in [-0.1, -0.05) is 0 Å². The van der Waals surface area contributed by atoms with Crippen molar-refractivity contribution in [1.82, 2.24) is 0 Å². The molecular formula is C10H23O5SSb. The Kier molecular flexibility index (Phi) is 19.3. The molecule has 0 rings (SSSR count).